The second kappa shape index (κ2) is 4.14. The Hall–Kier alpha value is -1.54. The molecular weight excluding hydrogens is 214 g/mol. The number of allylic oxidation sites excluding steroid dienone is 4. The third-order valence-corrected chi connectivity index (χ3v) is 3.70. The molecular formula is C14H11NS. The van der Waals surface area contributed by atoms with E-state index < -0.39 is 0 Å². The SMILES string of the molecule is C1=CC2=CCSc3ccccc3C2=CC=N1. The summed E-state index contributed by atoms with van der Waals surface area (Å²) in [5.41, 5.74) is 3.86. The highest BCUT2D eigenvalue weighted by Gasteiger charge is 2.13. The van der Waals surface area contributed by atoms with Crippen molar-refractivity contribution in [1.29, 1.82) is 0 Å². The zero-order valence-corrected chi connectivity index (χ0v) is 9.58. The number of thioether (sulfide) groups is 1. The van der Waals surface area contributed by atoms with Crippen LogP contribution in [-0.2, 0) is 0 Å². The summed E-state index contributed by atoms with van der Waals surface area (Å²) in [6.07, 6.45) is 10.2. The van der Waals surface area contributed by atoms with E-state index in [0.717, 1.165) is 5.75 Å². The first-order chi connectivity index (χ1) is 7.95. The van der Waals surface area contributed by atoms with Crippen molar-refractivity contribution in [1.82, 2.24) is 0 Å². The lowest BCUT2D eigenvalue weighted by Crippen LogP contribution is -1.88. The highest BCUT2D eigenvalue weighted by atomic mass is 32.2. The maximum Gasteiger partial charge on any atom is 0.0274 e. The fraction of sp³-hybridized carbons (Fsp3) is 0.0714. The first-order valence-electron chi connectivity index (χ1n) is 5.28. The highest BCUT2D eigenvalue weighted by Crippen LogP contribution is 2.36. The molecule has 0 spiro atoms. The van der Waals surface area contributed by atoms with Gasteiger partial charge in [0.15, 0.2) is 0 Å². The van der Waals surface area contributed by atoms with Gasteiger partial charge in [0.25, 0.3) is 0 Å². The van der Waals surface area contributed by atoms with Crippen molar-refractivity contribution < 1.29 is 0 Å². The molecule has 2 heterocycles. The van der Waals surface area contributed by atoms with Crippen LogP contribution in [0.25, 0.3) is 5.57 Å². The van der Waals surface area contributed by atoms with Crippen LogP contribution in [0.4, 0.5) is 0 Å². The maximum atomic E-state index is 4.17. The smallest absolute Gasteiger partial charge is 0.0274 e. The molecule has 0 aromatic heterocycles. The maximum absolute atomic E-state index is 4.17. The Kier molecular flexibility index (Phi) is 2.50. The minimum absolute atomic E-state index is 1.02. The zero-order chi connectivity index (χ0) is 10.8. The standard InChI is InChI=1S/C14H11NS/c1-2-4-14-13(3-1)12-6-9-15-8-5-11(12)7-10-16-14/h1-9H,10H2. The van der Waals surface area contributed by atoms with Gasteiger partial charge in [-0.3, -0.25) is 4.99 Å². The molecule has 0 saturated heterocycles. The van der Waals surface area contributed by atoms with Gasteiger partial charge >= 0.3 is 0 Å². The molecule has 1 aromatic rings. The van der Waals surface area contributed by atoms with Gasteiger partial charge in [-0.05, 0) is 34.9 Å². The number of benzene rings is 1. The molecule has 16 heavy (non-hydrogen) atoms. The van der Waals surface area contributed by atoms with Crippen LogP contribution in [0.1, 0.15) is 5.56 Å². The number of nitrogens with zero attached hydrogens (tertiary/aromatic N) is 1. The van der Waals surface area contributed by atoms with Crippen molar-refractivity contribution in [3.8, 4) is 0 Å². The summed E-state index contributed by atoms with van der Waals surface area (Å²) < 4.78 is 0. The van der Waals surface area contributed by atoms with Gasteiger partial charge in [0.05, 0.1) is 0 Å². The fourth-order valence-electron chi connectivity index (χ4n) is 1.94. The first kappa shape index (κ1) is 9.67. The Labute approximate surface area is 99.3 Å². The molecule has 1 aromatic carbocycles. The minimum atomic E-state index is 1.02. The van der Waals surface area contributed by atoms with E-state index in [1.165, 1.54) is 21.6 Å². The van der Waals surface area contributed by atoms with Gasteiger partial charge in [0.1, 0.15) is 0 Å². The Morgan fingerprint density at radius 1 is 1.19 bits per heavy atom. The van der Waals surface area contributed by atoms with Crippen molar-refractivity contribution in [2.24, 2.45) is 4.99 Å². The number of rotatable bonds is 0. The van der Waals surface area contributed by atoms with Gasteiger partial charge in [-0.15, -0.1) is 11.8 Å². The van der Waals surface area contributed by atoms with Gasteiger partial charge in [-0.2, -0.15) is 0 Å². The zero-order valence-electron chi connectivity index (χ0n) is 8.76. The second-order valence-corrected chi connectivity index (χ2v) is 4.72. The van der Waals surface area contributed by atoms with E-state index in [-0.39, 0.29) is 0 Å². The van der Waals surface area contributed by atoms with Crippen LogP contribution in [0.3, 0.4) is 0 Å². The van der Waals surface area contributed by atoms with Gasteiger partial charge in [-0.25, -0.2) is 0 Å². The number of hydrogen-bond acceptors (Lipinski definition) is 2. The van der Waals surface area contributed by atoms with Gasteiger partial charge in [0.2, 0.25) is 0 Å². The monoisotopic (exact) mass is 225 g/mol. The molecule has 0 atom stereocenters. The molecule has 0 N–H and O–H groups in total. The van der Waals surface area contributed by atoms with Crippen molar-refractivity contribution in [3.63, 3.8) is 0 Å². The Morgan fingerprint density at radius 3 is 3.12 bits per heavy atom. The van der Waals surface area contributed by atoms with Crippen molar-refractivity contribution in [2.45, 2.75) is 4.90 Å². The van der Waals surface area contributed by atoms with Crippen molar-refractivity contribution >= 4 is 23.5 Å². The van der Waals surface area contributed by atoms with E-state index in [1.807, 2.05) is 24.2 Å². The fourth-order valence-corrected chi connectivity index (χ4v) is 2.89. The summed E-state index contributed by atoms with van der Waals surface area (Å²) in [5.74, 6) is 1.02. The largest absolute Gasteiger partial charge is 0.265 e. The quantitative estimate of drug-likeness (QED) is 0.655. The number of aliphatic imine (C=N–C) groups is 1. The molecule has 0 radical (unpaired) electrons. The van der Waals surface area contributed by atoms with Crippen LogP contribution >= 0.6 is 11.8 Å². The summed E-state index contributed by atoms with van der Waals surface area (Å²) in [5, 5.41) is 0. The third-order valence-electron chi connectivity index (χ3n) is 2.70. The predicted molar refractivity (Wildman–Crippen MR) is 70.9 cm³/mol. The lowest BCUT2D eigenvalue weighted by atomic mass is 9.97. The van der Waals surface area contributed by atoms with Crippen molar-refractivity contribution in [2.75, 3.05) is 5.75 Å². The van der Waals surface area contributed by atoms with Gasteiger partial charge in [0, 0.05) is 23.1 Å². The average molecular weight is 225 g/mol. The summed E-state index contributed by atoms with van der Waals surface area (Å²) in [4.78, 5) is 5.52. The summed E-state index contributed by atoms with van der Waals surface area (Å²) in [7, 11) is 0. The molecule has 2 aliphatic heterocycles. The summed E-state index contributed by atoms with van der Waals surface area (Å²) in [6, 6.07) is 8.55. The van der Waals surface area contributed by atoms with Gasteiger partial charge in [-0.1, -0.05) is 24.3 Å². The van der Waals surface area contributed by atoms with E-state index in [9.17, 15) is 0 Å². The Morgan fingerprint density at radius 2 is 2.12 bits per heavy atom. The molecule has 0 fully saturated rings. The number of fused-ring (bicyclic) bond motifs is 3. The van der Waals surface area contributed by atoms with Gasteiger partial charge < -0.3 is 0 Å². The Bertz CT molecular complexity index is 535. The molecule has 0 amide bonds. The van der Waals surface area contributed by atoms with E-state index in [4.69, 9.17) is 0 Å². The molecule has 1 nitrogen and oxygen atoms in total. The molecule has 0 unspecified atom stereocenters. The lowest BCUT2D eigenvalue weighted by Gasteiger charge is -2.08. The van der Waals surface area contributed by atoms with E-state index in [0.29, 0.717) is 0 Å². The topological polar surface area (TPSA) is 12.4 Å². The minimum Gasteiger partial charge on any atom is -0.265 e. The molecule has 0 bridgehead atoms. The van der Waals surface area contributed by atoms with Crippen LogP contribution < -0.4 is 0 Å². The second-order valence-electron chi connectivity index (χ2n) is 3.66. The molecule has 2 heteroatoms. The highest BCUT2D eigenvalue weighted by molar-refractivity contribution is 7.99. The molecule has 3 rings (SSSR count). The third kappa shape index (κ3) is 1.65. The molecule has 78 valence electrons. The van der Waals surface area contributed by atoms with Crippen molar-refractivity contribution in [3.05, 3.63) is 59.8 Å². The van der Waals surface area contributed by atoms with E-state index in [2.05, 4.69) is 47.5 Å². The Balaban J connectivity index is 2.22. The predicted octanol–water partition coefficient (Wildman–Crippen LogP) is 3.70. The van der Waals surface area contributed by atoms with E-state index in [1.54, 1.807) is 0 Å². The lowest BCUT2D eigenvalue weighted by molar-refractivity contribution is 1.40. The van der Waals surface area contributed by atoms with Crippen LogP contribution in [0.2, 0.25) is 0 Å². The number of hydrogen-bond donors (Lipinski definition) is 0. The molecule has 2 aliphatic rings. The first-order valence-corrected chi connectivity index (χ1v) is 6.26. The van der Waals surface area contributed by atoms with E-state index >= 15 is 0 Å². The van der Waals surface area contributed by atoms with Crippen LogP contribution in [0.15, 0.2) is 64.2 Å². The molecule has 0 saturated carbocycles. The van der Waals surface area contributed by atoms with Crippen LogP contribution in [0, 0.1) is 0 Å². The van der Waals surface area contributed by atoms with Crippen LogP contribution in [-0.4, -0.2) is 12.0 Å². The van der Waals surface area contributed by atoms with Crippen LogP contribution in [0.5, 0.6) is 0 Å². The average Bonchev–Trinajstić information content (AvgIpc) is 2.62. The molecule has 0 aliphatic carbocycles. The normalized spacial score (nSPS) is 17.8. The summed E-state index contributed by atoms with van der Waals surface area (Å²) >= 11 is 1.89. The summed E-state index contributed by atoms with van der Waals surface area (Å²) in [6.45, 7) is 0.